The fourth-order valence-electron chi connectivity index (χ4n) is 4.66. The standard InChI is InChI=1S/C25H21BrClN3O2S/c1-14-6-11-20-19(12-14)22-21(23(31)28-17-9-7-16(27)8-10-17)25(2,32-20)30(24(33)29-22)18-5-3-4-15(26)13-18/h3-13,21-22H,1-2H3,(H,28,31)(H,29,33)/t21-,22-,25+/m0/s1. The fraction of sp³-hybridized carbons (Fsp3) is 0.200. The van der Waals surface area contributed by atoms with E-state index in [4.69, 9.17) is 28.6 Å². The van der Waals surface area contributed by atoms with Crippen LogP contribution in [0, 0.1) is 12.8 Å². The summed E-state index contributed by atoms with van der Waals surface area (Å²) < 4.78 is 7.52. The number of rotatable bonds is 3. The van der Waals surface area contributed by atoms with Crippen molar-refractivity contribution in [2.75, 3.05) is 10.2 Å². The molecule has 1 fully saturated rings. The number of benzene rings is 3. The maximum absolute atomic E-state index is 13.8. The number of ether oxygens (including phenoxy) is 1. The van der Waals surface area contributed by atoms with Crippen molar-refractivity contribution in [1.82, 2.24) is 5.32 Å². The van der Waals surface area contributed by atoms with Gasteiger partial charge in [0.25, 0.3) is 0 Å². The van der Waals surface area contributed by atoms with Gasteiger partial charge < -0.3 is 15.4 Å². The minimum absolute atomic E-state index is 0.174. The van der Waals surface area contributed by atoms with Crippen molar-refractivity contribution in [3.8, 4) is 5.75 Å². The van der Waals surface area contributed by atoms with Crippen molar-refractivity contribution in [2.24, 2.45) is 5.92 Å². The van der Waals surface area contributed by atoms with E-state index in [9.17, 15) is 4.79 Å². The molecule has 3 aromatic rings. The molecule has 0 aliphatic carbocycles. The van der Waals surface area contributed by atoms with Gasteiger partial charge in [-0.25, -0.2) is 0 Å². The summed E-state index contributed by atoms with van der Waals surface area (Å²) in [5, 5.41) is 7.58. The molecule has 2 aliphatic heterocycles. The number of halogens is 2. The third-order valence-electron chi connectivity index (χ3n) is 6.11. The van der Waals surface area contributed by atoms with E-state index in [0.717, 1.165) is 27.0 Å². The van der Waals surface area contributed by atoms with Gasteiger partial charge in [-0.2, -0.15) is 0 Å². The monoisotopic (exact) mass is 541 g/mol. The Balaban J connectivity index is 1.63. The smallest absolute Gasteiger partial charge is 0.236 e. The highest BCUT2D eigenvalue weighted by Gasteiger charge is 2.59. The largest absolute Gasteiger partial charge is 0.467 e. The Labute approximate surface area is 211 Å². The molecule has 0 radical (unpaired) electrons. The van der Waals surface area contributed by atoms with Gasteiger partial charge in [0, 0.05) is 26.4 Å². The molecule has 0 aromatic heterocycles. The van der Waals surface area contributed by atoms with Gasteiger partial charge in [-0.15, -0.1) is 0 Å². The number of fused-ring (bicyclic) bond motifs is 4. The number of nitrogens with one attached hydrogen (secondary N) is 2. The van der Waals surface area contributed by atoms with Gasteiger partial charge >= 0.3 is 0 Å². The van der Waals surface area contributed by atoms with Crippen LogP contribution in [0.25, 0.3) is 0 Å². The van der Waals surface area contributed by atoms with Crippen molar-refractivity contribution < 1.29 is 9.53 Å². The van der Waals surface area contributed by atoms with Crippen LogP contribution in [0.3, 0.4) is 0 Å². The molecule has 168 valence electrons. The summed E-state index contributed by atoms with van der Waals surface area (Å²) in [7, 11) is 0. The van der Waals surface area contributed by atoms with Crippen molar-refractivity contribution >= 4 is 62.1 Å². The lowest BCUT2D eigenvalue weighted by atomic mass is 9.78. The van der Waals surface area contributed by atoms with E-state index in [1.165, 1.54) is 0 Å². The molecule has 5 rings (SSSR count). The first-order chi connectivity index (χ1) is 15.8. The van der Waals surface area contributed by atoms with Crippen molar-refractivity contribution in [3.63, 3.8) is 0 Å². The Morgan fingerprint density at radius 1 is 1.18 bits per heavy atom. The van der Waals surface area contributed by atoms with E-state index < -0.39 is 11.6 Å². The SMILES string of the molecule is Cc1ccc2c(c1)[C@@H]1NC(=S)N(c3cccc(Br)c3)[C@](C)(O2)[C@@H]1C(=O)Nc1ccc(Cl)cc1. The van der Waals surface area contributed by atoms with Crippen LogP contribution in [0.2, 0.25) is 5.02 Å². The first kappa shape index (κ1) is 22.2. The van der Waals surface area contributed by atoms with Crippen molar-refractivity contribution in [1.29, 1.82) is 0 Å². The van der Waals surface area contributed by atoms with Gasteiger partial charge in [0.1, 0.15) is 11.7 Å². The Morgan fingerprint density at radius 3 is 2.67 bits per heavy atom. The molecule has 1 saturated heterocycles. The Hall–Kier alpha value is -2.61. The molecule has 0 unspecified atom stereocenters. The molecule has 1 amide bonds. The van der Waals surface area contributed by atoms with Crippen LogP contribution in [0.1, 0.15) is 24.1 Å². The molecule has 0 spiro atoms. The summed E-state index contributed by atoms with van der Waals surface area (Å²) in [6.07, 6.45) is 0. The molecular formula is C25H21BrClN3O2S. The average molecular weight is 543 g/mol. The number of anilines is 2. The predicted molar refractivity (Wildman–Crippen MR) is 139 cm³/mol. The zero-order chi connectivity index (χ0) is 23.3. The number of hydrogen-bond donors (Lipinski definition) is 2. The molecule has 5 nitrogen and oxygen atoms in total. The lowest BCUT2D eigenvalue weighted by Crippen LogP contribution is -2.72. The highest BCUT2D eigenvalue weighted by atomic mass is 79.9. The van der Waals surface area contributed by atoms with E-state index in [1.54, 1.807) is 24.3 Å². The topological polar surface area (TPSA) is 53.6 Å². The van der Waals surface area contributed by atoms with Crippen LogP contribution in [0.15, 0.2) is 71.2 Å². The van der Waals surface area contributed by atoms with Crippen molar-refractivity contribution in [2.45, 2.75) is 25.6 Å². The molecular weight excluding hydrogens is 522 g/mol. The summed E-state index contributed by atoms with van der Waals surface area (Å²) in [5.74, 6) is -0.0428. The van der Waals surface area contributed by atoms with Gasteiger partial charge in [-0.1, -0.05) is 51.3 Å². The normalized spacial score (nSPS) is 23.3. The molecule has 0 saturated carbocycles. The maximum atomic E-state index is 13.8. The highest BCUT2D eigenvalue weighted by molar-refractivity contribution is 9.10. The summed E-state index contributed by atoms with van der Waals surface area (Å²) >= 11 is 15.4. The predicted octanol–water partition coefficient (Wildman–Crippen LogP) is 6.21. The second kappa shape index (κ2) is 8.31. The second-order valence-corrected chi connectivity index (χ2v) is 10.2. The van der Waals surface area contributed by atoms with Crippen LogP contribution < -0.4 is 20.3 Å². The molecule has 2 heterocycles. The molecule has 2 bridgehead atoms. The molecule has 2 aliphatic rings. The summed E-state index contributed by atoms with van der Waals surface area (Å²) in [4.78, 5) is 15.7. The number of thiocarbonyl (C=S) groups is 1. The van der Waals surface area contributed by atoms with Gasteiger partial charge in [0.2, 0.25) is 5.91 Å². The van der Waals surface area contributed by atoms with Crippen LogP contribution >= 0.6 is 39.7 Å². The minimum atomic E-state index is -1.06. The zero-order valence-electron chi connectivity index (χ0n) is 17.9. The molecule has 8 heteroatoms. The fourth-order valence-corrected chi connectivity index (χ4v) is 5.59. The van der Waals surface area contributed by atoms with Crippen LogP contribution in [-0.2, 0) is 4.79 Å². The Morgan fingerprint density at radius 2 is 1.94 bits per heavy atom. The number of nitrogens with zero attached hydrogens (tertiary/aromatic N) is 1. The van der Waals surface area contributed by atoms with Crippen LogP contribution in [0.4, 0.5) is 11.4 Å². The zero-order valence-corrected chi connectivity index (χ0v) is 21.1. The summed E-state index contributed by atoms with van der Waals surface area (Å²) in [6, 6.07) is 20.5. The van der Waals surface area contributed by atoms with E-state index >= 15 is 0 Å². The number of carbonyl (C=O) groups excluding carboxylic acids is 1. The van der Waals surface area contributed by atoms with E-state index in [-0.39, 0.29) is 11.9 Å². The first-order valence-corrected chi connectivity index (χ1v) is 12.1. The molecule has 33 heavy (non-hydrogen) atoms. The van der Waals surface area contributed by atoms with Gasteiger partial charge in [0.15, 0.2) is 10.8 Å². The van der Waals surface area contributed by atoms with E-state index in [2.05, 4.69) is 26.6 Å². The van der Waals surface area contributed by atoms with E-state index in [1.807, 2.05) is 61.2 Å². The molecule has 3 aromatic carbocycles. The lowest BCUT2D eigenvalue weighted by molar-refractivity contribution is -0.130. The van der Waals surface area contributed by atoms with Gasteiger partial charge in [0.05, 0.1) is 6.04 Å². The molecule has 2 N–H and O–H groups in total. The quantitative estimate of drug-likeness (QED) is 0.386. The minimum Gasteiger partial charge on any atom is -0.467 e. The first-order valence-electron chi connectivity index (χ1n) is 10.5. The van der Waals surface area contributed by atoms with Crippen LogP contribution in [0.5, 0.6) is 5.75 Å². The second-order valence-electron chi connectivity index (χ2n) is 8.41. The van der Waals surface area contributed by atoms with Crippen LogP contribution in [-0.4, -0.2) is 16.7 Å². The third kappa shape index (κ3) is 3.88. The highest BCUT2D eigenvalue weighted by Crippen LogP contribution is 2.50. The number of carbonyl (C=O) groups is 1. The Kier molecular flexibility index (Phi) is 5.59. The summed E-state index contributed by atoms with van der Waals surface area (Å²) in [6.45, 7) is 3.94. The van der Waals surface area contributed by atoms with Crippen molar-refractivity contribution in [3.05, 3.63) is 87.4 Å². The Bertz CT molecular complexity index is 1270. The molecule has 3 atom stereocenters. The lowest BCUT2D eigenvalue weighted by Gasteiger charge is -2.56. The number of amides is 1. The third-order valence-corrected chi connectivity index (χ3v) is 7.16. The summed E-state index contributed by atoms with van der Waals surface area (Å²) in [5.41, 5.74) is 2.42. The maximum Gasteiger partial charge on any atom is 0.236 e. The number of hydrogen-bond acceptors (Lipinski definition) is 3. The average Bonchev–Trinajstić information content (AvgIpc) is 2.75. The van der Waals surface area contributed by atoms with Gasteiger partial charge in [-0.3, -0.25) is 9.69 Å². The van der Waals surface area contributed by atoms with E-state index in [0.29, 0.717) is 15.8 Å². The van der Waals surface area contributed by atoms with Gasteiger partial charge in [-0.05, 0) is 74.6 Å². The number of aryl methyl sites for hydroxylation is 1.